The molecule has 0 bridgehead atoms. The molecular formula is C13H12FNO2. The highest BCUT2D eigenvalue weighted by Gasteiger charge is 2.12. The molecular weight excluding hydrogens is 221 g/mol. The van der Waals surface area contributed by atoms with E-state index < -0.39 is 5.97 Å². The number of aromatic carboxylic acids is 1. The minimum Gasteiger partial charge on any atom is -0.477 e. The SMILES string of the molecule is CCn1cc(-c2cccc(F)c2)cc1C(=O)O. The molecule has 0 atom stereocenters. The standard InChI is InChI=1S/C13H12FNO2/c1-2-15-8-10(7-12(15)13(16)17)9-4-3-5-11(14)6-9/h3-8H,2H2,1H3,(H,16,17). The van der Waals surface area contributed by atoms with Gasteiger partial charge in [-0.05, 0) is 30.7 Å². The molecule has 17 heavy (non-hydrogen) atoms. The summed E-state index contributed by atoms with van der Waals surface area (Å²) in [6, 6.07) is 7.67. The minimum atomic E-state index is -0.977. The highest BCUT2D eigenvalue weighted by Crippen LogP contribution is 2.23. The largest absolute Gasteiger partial charge is 0.477 e. The Morgan fingerprint density at radius 1 is 1.35 bits per heavy atom. The summed E-state index contributed by atoms with van der Waals surface area (Å²) in [6.45, 7) is 2.43. The van der Waals surface area contributed by atoms with Gasteiger partial charge in [-0.25, -0.2) is 9.18 Å². The number of aromatic nitrogens is 1. The summed E-state index contributed by atoms with van der Waals surface area (Å²) in [5.74, 6) is -1.31. The lowest BCUT2D eigenvalue weighted by atomic mass is 10.1. The Kier molecular flexibility index (Phi) is 2.95. The van der Waals surface area contributed by atoms with Crippen molar-refractivity contribution in [3.8, 4) is 11.1 Å². The number of nitrogens with zero attached hydrogens (tertiary/aromatic N) is 1. The fourth-order valence-electron chi connectivity index (χ4n) is 1.78. The van der Waals surface area contributed by atoms with Crippen LogP contribution in [0.2, 0.25) is 0 Å². The van der Waals surface area contributed by atoms with Crippen molar-refractivity contribution in [2.75, 3.05) is 0 Å². The summed E-state index contributed by atoms with van der Waals surface area (Å²) in [5.41, 5.74) is 1.61. The Labute approximate surface area is 98.1 Å². The van der Waals surface area contributed by atoms with E-state index in [1.807, 2.05) is 6.92 Å². The van der Waals surface area contributed by atoms with Crippen LogP contribution in [0.5, 0.6) is 0 Å². The third-order valence-electron chi connectivity index (χ3n) is 2.61. The van der Waals surface area contributed by atoms with Gasteiger partial charge >= 0.3 is 5.97 Å². The van der Waals surface area contributed by atoms with Crippen LogP contribution in [-0.4, -0.2) is 15.6 Å². The quantitative estimate of drug-likeness (QED) is 0.885. The zero-order chi connectivity index (χ0) is 12.4. The lowest BCUT2D eigenvalue weighted by molar-refractivity contribution is 0.0685. The lowest BCUT2D eigenvalue weighted by Crippen LogP contribution is -2.05. The molecule has 88 valence electrons. The van der Waals surface area contributed by atoms with E-state index in [9.17, 15) is 9.18 Å². The molecule has 0 unspecified atom stereocenters. The number of carbonyl (C=O) groups is 1. The van der Waals surface area contributed by atoms with Crippen LogP contribution in [-0.2, 0) is 6.54 Å². The summed E-state index contributed by atoms with van der Waals surface area (Å²) in [5, 5.41) is 9.02. The number of hydrogen-bond acceptors (Lipinski definition) is 1. The van der Waals surface area contributed by atoms with Crippen LogP contribution in [0.15, 0.2) is 36.5 Å². The first-order valence-electron chi connectivity index (χ1n) is 5.31. The fourth-order valence-corrected chi connectivity index (χ4v) is 1.78. The lowest BCUT2D eigenvalue weighted by Gasteiger charge is -1.99. The van der Waals surface area contributed by atoms with Crippen molar-refractivity contribution in [3.05, 3.63) is 48.0 Å². The molecule has 2 aromatic rings. The first kappa shape index (κ1) is 11.4. The summed E-state index contributed by atoms with van der Waals surface area (Å²) in [7, 11) is 0. The van der Waals surface area contributed by atoms with Gasteiger partial charge in [0, 0.05) is 18.3 Å². The smallest absolute Gasteiger partial charge is 0.352 e. The summed E-state index contributed by atoms with van der Waals surface area (Å²) in [6.07, 6.45) is 1.72. The third-order valence-corrected chi connectivity index (χ3v) is 2.61. The molecule has 0 aliphatic rings. The molecule has 1 N–H and O–H groups in total. The van der Waals surface area contributed by atoms with E-state index in [4.69, 9.17) is 5.11 Å². The molecule has 4 heteroatoms. The molecule has 0 fully saturated rings. The second-order valence-corrected chi connectivity index (χ2v) is 3.72. The number of benzene rings is 1. The van der Waals surface area contributed by atoms with E-state index in [0.29, 0.717) is 17.7 Å². The van der Waals surface area contributed by atoms with Crippen LogP contribution >= 0.6 is 0 Å². The first-order valence-corrected chi connectivity index (χ1v) is 5.31. The number of carboxylic acid groups (broad SMARTS) is 1. The third kappa shape index (κ3) is 2.20. The molecule has 0 spiro atoms. The normalized spacial score (nSPS) is 10.5. The first-order chi connectivity index (χ1) is 8.11. The minimum absolute atomic E-state index is 0.215. The Balaban J connectivity index is 2.50. The Morgan fingerprint density at radius 2 is 2.12 bits per heavy atom. The van der Waals surface area contributed by atoms with E-state index in [2.05, 4.69) is 0 Å². The molecule has 0 aliphatic heterocycles. The maximum atomic E-state index is 13.1. The van der Waals surface area contributed by atoms with Crippen LogP contribution in [0.4, 0.5) is 4.39 Å². The predicted octanol–water partition coefficient (Wildman–Crippen LogP) is 3.01. The second-order valence-electron chi connectivity index (χ2n) is 3.72. The number of carboxylic acids is 1. The second kappa shape index (κ2) is 4.41. The topological polar surface area (TPSA) is 42.2 Å². The number of rotatable bonds is 3. The van der Waals surface area contributed by atoms with Crippen molar-refractivity contribution < 1.29 is 14.3 Å². The van der Waals surface area contributed by atoms with Gasteiger partial charge in [0.15, 0.2) is 0 Å². The summed E-state index contributed by atoms with van der Waals surface area (Å²) in [4.78, 5) is 11.0. The van der Waals surface area contributed by atoms with E-state index in [1.54, 1.807) is 29.0 Å². The molecule has 2 rings (SSSR count). The maximum Gasteiger partial charge on any atom is 0.352 e. The maximum absolute atomic E-state index is 13.1. The van der Waals surface area contributed by atoms with Crippen molar-refractivity contribution in [2.45, 2.75) is 13.5 Å². The van der Waals surface area contributed by atoms with Crippen molar-refractivity contribution >= 4 is 5.97 Å². The van der Waals surface area contributed by atoms with Crippen LogP contribution < -0.4 is 0 Å². The molecule has 1 aromatic carbocycles. The molecule has 1 heterocycles. The predicted molar refractivity (Wildman–Crippen MR) is 62.5 cm³/mol. The van der Waals surface area contributed by atoms with E-state index >= 15 is 0 Å². The van der Waals surface area contributed by atoms with E-state index in [0.717, 1.165) is 0 Å². The summed E-state index contributed by atoms with van der Waals surface area (Å²) < 4.78 is 14.7. The Hall–Kier alpha value is -2.10. The van der Waals surface area contributed by atoms with Gasteiger partial charge in [0.1, 0.15) is 11.5 Å². The molecule has 0 radical (unpaired) electrons. The van der Waals surface area contributed by atoms with Crippen molar-refractivity contribution in [3.63, 3.8) is 0 Å². The highest BCUT2D eigenvalue weighted by molar-refractivity contribution is 5.88. The van der Waals surface area contributed by atoms with Gasteiger partial charge in [-0.2, -0.15) is 0 Å². The highest BCUT2D eigenvalue weighted by atomic mass is 19.1. The number of halogens is 1. The summed E-state index contributed by atoms with van der Waals surface area (Å²) >= 11 is 0. The van der Waals surface area contributed by atoms with Gasteiger partial charge in [-0.3, -0.25) is 0 Å². The number of hydrogen-bond donors (Lipinski definition) is 1. The average Bonchev–Trinajstić information content (AvgIpc) is 2.73. The van der Waals surface area contributed by atoms with Gasteiger partial charge in [0.05, 0.1) is 0 Å². The van der Waals surface area contributed by atoms with E-state index in [1.165, 1.54) is 12.1 Å². The van der Waals surface area contributed by atoms with E-state index in [-0.39, 0.29) is 11.5 Å². The average molecular weight is 233 g/mol. The van der Waals surface area contributed by atoms with Gasteiger partial charge < -0.3 is 9.67 Å². The monoisotopic (exact) mass is 233 g/mol. The molecule has 1 aromatic heterocycles. The number of aryl methyl sites for hydroxylation is 1. The Bertz CT molecular complexity index is 560. The van der Waals surface area contributed by atoms with Crippen LogP contribution in [0.3, 0.4) is 0 Å². The van der Waals surface area contributed by atoms with Crippen LogP contribution in [0.25, 0.3) is 11.1 Å². The molecule has 3 nitrogen and oxygen atoms in total. The zero-order valence-electron chi connectivity index (χ0n) is 9.35. The van der Waals surface area contributed by atoms with Gasteiger partial charge in [-0.15, -0.1) is 0 Å². The van der Waals surface area contributed by atoms with Gasteiger partial charge in [-0.1, -0.05) is 12.1 Å². The van der Waals surface area contributed by atoms with Crippen LogP contribution in [0.1, 0.15) is 17.4 Å². The molecule has 0 aliphatic carbocycles. The van der Waals surface area contributed by atoms with Crippen LogP contribution in [0, 0.1) is 5.82 Å². The van der Waals surface area contributed by atoms with Gasteiger partial charge in [0.25, 0.3) is 0 Å². The van der Waals surface area contributed by atoms with Crippen molar-refractivity contribution in [2.24, 2.45) is 0 Å². The molecule has 0 saturated carbocycles. The molecule has 0 saturated heterocycles. The van der Waals surface area contributed by atoms with Gasteiger partial charge in [0.2, 0.25) is 0 Å². The Morgan fingerprint density at radius 3 is 2.65 bits per heavy atom. The fraction of sp³-hybridized carbons (Fsp3) is 0.154. The molecule has 0 amide bonds. The van der Waals surface area contributed by atoms with Crippen molar-refractivity contribution in [1.29, 1.82) is 0 Å². The zero-order valence-corrected chi connectivity index (χ0v) is 9.35. The van der Waals surface area contributed by atoms with Crippen molar-refractivity contribution in [1.82, 2.24) is 4.57 Å².